The average molecular weight is 431 g/mol. The zero-order valence-corrected chi connectivity index (χ0v) is 18.9. The van der Waals surface area contributed by atoms with Crippen LogP contribution in [0, 0.1) is 20.8 Å². The molecule has 164 valence electrons. The van der Waals surface area contributed by atoms with Crippen LogP contribution in [0.2, 0.25) is 0 Å². The van der Waals surface area contributed by atoms with Gasteiger partial charge in [0.2, 0.25) is 5.91 Å². The second-order valence-electron chi connectivity index (χ2n) is 7.85. The van der Waals surface area contributed by atoms with Gasteiger partial charge in [-0.05, 0) is 63.1 Å². The van der Waals surface area contributed by atoms with Gasteiger partial charge in [-0.25, -0.2) is 9.67 Å². The fraction of sp³-hybridized carbons (Fsp3) is 0.250. The molecule has 1 unspecified atom stereocenters. The summed E-state index contributed by atoms with van der Waals surface area (Å²) in [5.74, 6) is 1.42. The summed E-state index contributed by atoms with van der Waals surface area (Å²) in [5.41, 5.74) is 4.95. The molecule has 0 aliphatic heterocycles. The van der Waals surface area contributed by atoms with Crippen LogP contribution in [0.25, 0.3) is 17.6 Å². The van der Waals surface area contributed by atoms with Crippen LogP contribution >= 0.6 is 0 Å². The van der Waals surface area contributed by atoms with Crippen molar-refractivity contribution in [2.45, 2.75) is 33.7 Å². The number of carbonyl (C=O) groups is 1. The maximum atomic E-state index is 12.8. The van der Waals surface area contributed by atoms with Gasteiger partial charge in [-0.1, -0.05) is 17.3 Å². The first-order valence-electron chi connectivity index (χ1n) is 10.4. The third kappa shape index (κ3) is 4.12. The first-order valence-corrected chi connectivity index (χ1v) is 10.4. The summed E-state index contributed by atoms with van der Waals surface area (Å²) in [5, 5.41) is 8.24. The van der Waals surface area contributed by atoms with E-state index in [0.29, 0.717) is 0 Å². The van der Waals surface area contributed by atoms with Crippen molar-refractivity contribution in [3.05, 3.63) is 83.4 Å². The first kappa shape index (κ1) is 21.3. The molecule has 4 rings (SSSR count). The lowest BCUT2D eigenvalue weighted by Crippen LogP contribution is -2.28. The molecule has 0 saturated heterocycles. The van der Waals surface area contributed by atoms with Gasteiger partial charge >= 0.3 is 0 Å². The van der Waals surface area contributed by atoms with Gasteiger partial charge in [0, 0.05) is 30.6 Å². The number of likely N-dealkylation sites (N-methyl/N-ethyl adjacent to an activating group) is 1. The molecule has 0 aliphatic rings. The zero-order valence-electron chi connectivity index (χ0n) is 18.9. The van der Waals surface area contributed by atoms with E-state index in [1.54, 1.807) is 22.0 Å². The van der Waals surface area contributed by atoms with E-state index in [4.69, 9.17) is 4.52 Å². The Hall–Kier alpha value is -3.94. The Labute approximate surface area is 186 Å². The highest BCUT2D eigenvalue weighted by Crippen LogP contribution is 2.23. The van der Waals surface area contributed by atoms with E-state index in [1.165, 1.54) is 6.33 Å². The molecule has 1 aromatic carbocycles. The molecule has 0 aliphatic carbocycles. The maximum Gasteiger partial charge on any atom is 0.246 e. The molecule has 0 radical (unpaired) electrons. The number of aromatic nitrogens is 5. The Balaban J connectivity index is 1.47. The molecule has 8 heteroatoms. The summed E-state index contributed by atoms with van der Waals surface area (Å²) in [6.07, 6.45) is 6.62. The Morgan fingerprint density at radius 1 is 1.16 bits per heavy atom. The highest BCUT2D eigenvalue weighted by atomic mass is 16.5. The van der Waals surface area contributed by atoms with Gasteiger partial charge < -0.3 is 9.42 Å². The predicted molar refractivity (Wildman–Crippen MR) is 122 cm³/mol. The van der Waals surface area contributed by atoms with Crippen LogP contribution in [0.4, 0.5) is 0 Å². The van der Waals surface area contributed by atoms with Gasteiger partial charge in [0.15, 0.2) is 5.82 Å². The average Bonchev–Trinajstić information content (AvgIpc) is 3.52. The highest BCUT2D eigenvalue weighted by molar-refractivity contribution is 5.92. The molecule has 0 N–H and O–H groups in total. The Morgan fingerprint density at radius 3 is 2.53 bits per heavy atom. The van der Waals surface area contributed by atoms with E-state index >= 15 is 0 Å². The molecule has 8 nitrogen and oxygen atoms in total. The zero-order chi connectivity index (χ0) is 22.8. The van der Waals surface area contributed by atoms with E-state index in [9.17, 15) is 4.79 Å². The molecule has 1 amide bonds. The van der Waals surface area contributed by atoms with E-state index in [1.807, 2.05) is 81.8 Å². The fourth-order valence-electron chi connectivity index (χ4n) is 3.71. The third-order valence-corrected chi connectivity index (χ3v) is 5.71. The molecular formula is C24H26N6O2. The largest absolute Gasteiger partial charge is 0.360 e. The first-order chi connectivity index (χ1) is 15.3. The number of carbonyl (C=O) groups excluding carboxylic acids is 1. The van der Waals surface area contributed by atoms with Gasteiger partial charge in [0.1, 0.15) is 18.4 Å². The third-order valence-electron chi connectivity index (χ3n) is 5.71. The number of benzene rings is 1. The maximum absolute atomic E-state index is 12.8. The van der Waals surface area contributed by atoms with Crippen molar-refractivity contribution in [2.75, 3.05) is 7.05 Å². The number of hydrogen-bond donors (Lipinski definition) is 0. The van der Waals surface area contributed by atoms with E-state index in [0.717, 1.165) is 39.8 Å². The molecule has 32 heavy (non-hydrogen) atoms. The summed E-state index contributed by atoms with van der Waals surface area (Å²) >= 11 is 0. The molecule has 0 bridgehead atoms. The van der Waals surface area contributed by atoms with Crippen molar-refractivity contribution in [3.63, 3.8) is 0 Å². The summed E-state index contributed by atoms with van der Waals surface area (Å²) in [6.45, 7) is 7.88. The van der Waals surface area contributed by atoms with Gasteiger partial charge in [0.05, 0.1) is 11.7 Å². The topological polar surface area (TPSA) is 82.0 Å². The minimum absolute atomic E-state index is 0.0695. The monoisotopic (exact) mass is 430 g/mol. The molecule has 4 aromatic rings. The lowest BCUT2D eigenvalue weighted by Gasteiger charge is -2.24. The molecule has 3 aromatic heterocycles. The van der Waals surface area contributed by atoms with Crippen molar-refractivity contribution < 1.29 is 9.32 Å². The molecule has 0 saturated carbocycles. The summed E-state index contributed by atoms with van der Waals surface area (Å²) in [7, 11) is 1.81. The minimum atomic E-state index is -0.0810. The quantitative estimate of drug-likeness (QED) is 0.428. The number of nitrogens with zero attached hydrogens (tertiary/aromatic N) is 6. The van der Waals surface area contributed by atoms with E-state index in [2.05, 4.69) is 15.2 Å². The van der Waals surface area contributed by atoms with Gasteiger partial charge in [-0.15, -0.1) is 0 Å². The predicted octanol–water partition coefficient (Wildman–Crippen LogP) is 4.20. The van der Waals surface area contributed by atoms with Gasteiger partial charge in [0.25, 0.3) is 0 Å². The van der Waals surface area contributed by atoms with E-state index in [-0.39, 0.29) is 11.9 Å². The van der Waals surface area contributed by atoms with Gasteiger partial charge in [-0.3, -0.25) is 9.36 Å². The number of amides is 1. The second-order valence-corrected chi connectivity index (χ2v) is 7.85. The Kier molecular flexibility index (Phi) is 5.77. The Morgan fingerprint density at radius 2 is 1.91 bits per heavy atom. The fourth-order valence-corrected chi connectivity index (χ4v) is 3.71. The van der Waals surface area contributed by atoms with Crippen LogP contribution in [-0.2, 0) is 4.79 Å². The molecular weight excluding hydrogens is 404 g/mol. The van der Waals surface area contributed by atoms with Crippen molar-refractivity contribution in [2.24, 2.45) is 0 Å². The van der Waals surface area contributed by atoms with Crippen LogP contribution in [-0.4, -0.2) is 42.3 Å². The van der Waals surface area contributed by atoms with Crippen LogP contribution in [0.1, 0.15) is 41.2 Å². The summed E-state index contributed by atoms with van der Waals surface area (Å²) in [4.78, 5) is 18.5. The Bertz CT molecular complexity index is 1250. The smallest absolute Gasteiger partial charge is 0.246 e. The van der Waals surface area contributed by atoms with Crippen molar-refractivity contribution in [1.29, 1.82) is 0 Å². The molecule has 0 spiro atoms. The summed E-state index contributed by atoms with van der Waals surface area (Å²) in [6, 6.07) is 11.8. The lowest BCUT2D eigenvalue weighted by molar-refractivity contribution is -0.126. The van der Waals surface area contributed by atoms with Crippen LogP contribution < -0.4 is 0 Å². The normalized spacial score (nSPS) is 12.4. The SMILES string of the molecule is Cc1cc(-n2c(C)cc(/C=C/C(=O)N(C)C(C)c3ccc(-n4cncn4)cc3)c2C)no1. The summed E-state index contributed by atoms with van der Waals surface area (Å²) < 4.78 is 8.92. The number of aryl methyl sites for hydroxylation is 2. The van der Waals surface area contributed by atoms with Crippen molar-refractivity contribution >= 4 is 12.0 Å². The standard InChI is InChI=1S/C24H26N6O2/c1-16-12-21(19(4)30(16)23-13-17(2)32-27-23)8-11-24(31)28(5)18(3)20-6-9-22(10-7-20)29-15-25-14-26-29/h6-15,18H,1-5H3/b11-8+. The lowest BCUT2D eigenvalue weighted by atomic mass is 10.1. The van der Waals surface area contributed by atoms with Crippen LogP contribution in [0.3, 0.4) is 0 Å². The highest BCUT2D eigenvalue weighted by Gasteiger charge is 2.17. The number of hydrogen-bond acceptors (Lipinski definition) is 5. The molecule has 3 heterocycles. The van der Waals surface area contributed by atoms with E-state index < -0.39 is 0 Å². The van der Waals surface area contributed by atoms with Gasteiger partial charge in [-0.2, -0.15) is 5.10 Å². The van der Waals surface area contributed by atoms with Crippen molar-refractivity contribution in [1.82, 2.24) is 29.4 Å². The molecule has 0 fully saturated rings. The van der Waals surface area contributed by atoms with Crippen LogP contribution in [0.15, 0.2) is 59.7 Å². The second kappa shape index (κ2) is 8.66. The molecule has 1 atom stereocenters. The number of rotatable bonds is 6. The minimum Gasteiger partial charge on any atom is -0.360 e. The van der Waals surface area contributed by atoms with Crippen LogP contribution in [0.5, 0.6) is 0 Å². The van der Waals surface area contributed by atoms with Crippen molar-refractivity contribution in [3.8, 4) is 11.5 Å².